The van der Waals surface area contributed by atoms with E-state index in [9.17, 15) is 14.4 Å². The molecular weight excluding hydrogens is 434 g/mol. The number of likely N-dealkylation sites (tertiary alicyclic amines) is 1. The van der Waals surface area contributed by atoms with Crippen molar-refractivity contribution in [2.45, 2.75) is 25.3 Å². The Kier molecular flexibility index (Phi) is 5.59. The molecule has 4 aromatic rings. The molecule has 1 atom stereocenters. The smallest absolute Gasteiger partial charge is 0.323 e. The second-order valence-electron chi connectivity index (χ2n) is 8.24. The Morgan fingerprint density at radius 2 is 1.85 bits per heavy atom. The molecule has 9 nitrogen and oxygen atoms in total. The van der Waals surface area contributed by atoms with E-state index in [1.807, 2.05) is 36.4 Å². The van der Waals surface area contributed by atoms with Gasteiger partial charge in [0.2, 0.25) is 0 Å². The summed E-state index contributed by atoms with van der Waals surface area (Å²) in [6.07, 6.45) is 2.85. The summed E-state index contributed by atoms with van der Waals surface area (Å²) in [5, 5.41) is 7.60. The van der Waals surface area contributed by atoms with Gasteiger partial charge in [-0.25, -0.2) is 9.59 Å². The van der Waals surface area contributed by atoms with Crippen LogP contribution in [-0.4, -0.2) is 45.1 Å². The highest BCUT2D eigenvalue weighted by Crippen LogP contribution is 2.28. The lowest BCUT2D eigenvalue weighted by atomic mass is 10.1. The molecule has 0 saturated carbocycles. The third kappa shape index (κ3) is 4.03. The monoisotopic (exact) mass is 457 g/mol. The number of nitrogens with one attached hydrogen (secondary N) is 1. The molecule has 0 spiro atoms. The van der Waals surface area contributed by atoms with Crippen LogP contribution in [0.15, 0.2) is 71.4 Å². The van der Waals surface area contributed by atoms with Gasteiger partial charge in [0.1, 0.15) is 11.5 Å². The highest BCUT2D eigenvalue weighted by Gasteiger charge is 2.34. The van der Waals surface area contributed by atoms with Crippen LogP contribution in [0.3, 0.4) is 0 Å². The number of urea groups is 1. The van der Waals surface area contributed by atoms with Crippen molar-refractivity contribution in [1.29, 1.82) is 0 Å². The molecule has 0 aliphatic carbocycles. The number of Topliss-reactive ketones (excluding diaryl/α,β-unsaturated/α-hetero) is 1. The van der Waals surface area contributed by atoms with Gasteiger partial charge in [-0.3, -0.25) is 9.36 Å². The van der Waals surface area contributed by atoms with Crippen molar-refractivity contribution in [2.24, 2.45) is 5.73 Å². The number of anilines is 1. The molecule has 1 saturated heterocycles. The largest absolute Gasteiger partial charge is 0.360 e. The molecule has 172 valence electrons. The van der Waals surface area contributed by atoms with E-state index in [0.29, 0.717) is 41.0 Å². The average molecular weight is 457 g/mol. The SMILES string of the molecule is NC(=O)n1cc(NC(=O)N2CCC[C@H]2C(=O)Cc2cc(-c3ccccc3)no2)c2ccccc21. The number of hydrogen-bond donors (Lipinski definition) is 2. The molecule has 0 radical (unpaired) electrons. The lowest BCUT2D eigenvalue weighted by molar-refractivity contribution is -0.122. The standard InChI is InChI=1S/C25H23N5O4/c26-24(32)30-15-20(18-9-4-5-10-21(18)30)27-25(33)29-12-6-11-22(29)23(31)14-17-13-19(28-34-17)16-7-2-1-3-8-16/h1-5,7-10,13,15,22H,6,11-12,14H2,(H2,26,32)(H,27,33)/t22-/m0/s1. The fraction of sp³-hybridized carbons (Fsp3) is 0.200. The van der Waals surface area contributed by atoms with Crippen LogP contribution in [-0.2, 0) is 11.2 Å². The van der Waals surface area contributed by atoms with Crippen LogP contribution < -0.4 is 11.1 Å². The number of benzene rings is 2. The maximum Gasteiger partial charge on any atom is 0.323 e. The van der Waals surface area contributed by atoms with Crippen LogP contribution in [0, 0.1) is 0 Å². The molecule has 9 heteroatoms. The molecule has 0 unspecified atom stereocenters. The lowest BCUT2D eigenvalue weighted by Gasteiger charge is -2.23. The quantitative estimate of drug-likeness (QED) is 0.468. The topological polar surface area (TPSA) is 123 Å². The Morgan fingerprint density at radius 1 is 1.09 bits per heavy atom. The van der Waals surface area contributed by atoms with Crippen LogP contribution >= 0.6 is 0 Å². The molecule has 3 N–H and O–H groups in total. The number of fused-ring (bicyclic) bond motifs is 1. The average Bonchev–Trinajstić information content (AvgIpc) is 3.59. The van der Waals surface area contributed by atoms with E-state index in [4.69, 9.17) is 10.3 Å². The Bertz CT molecular complexity index is 1370. The molecule has 34 heavy (non-hydrogen) atoms. The Morgan fingerprint density at radius 3 is 2.65 bits per heavy atom. The highest BCUT2D eigenvalue weighted by molar-refractivity contribution is 6.05. The van der Waals surface area contributed by atoms with E-state index in [-0.39, 0.29) is 12.2 Å². The number of rotatable bonds is 5. The normalized spacial score (nSPS) is 15.5. The summed E-state index contributed by atoms with van der Waals surface area (Å²) in [7, 11) is 0. The van der Waals surface area contributed by atoms with Gasteiger partial charge in [-0.1, -0.05) is 53.7 Å². The van der Waals surface area contributed by atoms with E-state index >= 15 is 0 Å². The molecule has 1 aliphatic heterocycles. The van der Waals surface area contributed by atoms with E-state index in [2.05, 4.69) is 10.5 Å². The van der Waals surface area contributed by atoms with Gasteiger partial charge < -0.3 is 20.5 Å². The summed E-state index contributed by atoms with van der Waals surface area (Å²) >= 11 is 0. The number of carbonyl (C=O) groups excluding carboxylic acids is 3. The van der Waals surface area contributed by atoms with Crippen molar-refractivity contribution in [1.82, 2.24) is 14.6 Å². The van der Waals surface area contributed by atoms with E-state index < -0.39 is 18.1 Å². The number of amides is 3. The zero-order valence-corrected chi connectivity index (χ0v) is 18.3. The van der Waals surface area contributed by atoms with Gasteiger partial charge in [-0.15, -0.1) is 0 Å². The van der Waals surface area contributed by atoms with E-state index in [1.165, 1.54) is 15.7 Å². The highest BCUT2D eigenvalue weighted by atomic mass is 16.5. The maximum atomic E-state index is 13.1. The minimum absolute atomic E-state index is 0.0509. The van der Waals surface area contributed by atoms with Gasteiger partial charge in [-0.05, 0) is 18.9 Å². The summed E-state index contributed by atoms with van der Waals surface area (Å²) in [5.41, 5.74) is 8.08. The summed E-state index contributed by atoms with van der Waals surface area (Å²) in [6.45, 7) is 0.461. The summed E-state index contributed by atoms with van der Waals surface area (Å²) in [6, 6.07) is 16.9. The van der Waals surface area contributed by atoms with Crippen LogP contribution in [0.2, 0.25) is 0 Å². The number of carbonyl (C=O) groups is 3. The van der Waals surface area contributed by atoms with Crippen molar-refractivity contribution in [3.05, 3.63) is 72.6 Å². The second kappa shape index (κ2) is 8.86. The van der Waals surface area contributed by atoms with Crippen LogP contribution in [0.4, 0.5) is 15.3 Å². The Hall–Kier alpha value is -4.40. The molecule has 3 heterocycles. The van der Waals surface area contributed by atoms with Crippen molar-refractivity contribution in [2.75, 3.05) is 11.9 Å². The predicted octanol–water partition coefficient (Wildman–Crippen LogP) is 4.03. The first-order valence-corrected chi connectivity index (χ1v) is 11.0. The molecule has 2 aromatic heterocycles. The predicted molar refractivity (Wildman–Crippen MR) is 126 cm³/mol. The zero-order valence-electron chi connectivity index (χ0n) is 18.3. The molecular formula is C25H23N5O4. The van der Waals surface area contributed by atoms with Crippen molar-refractivity contribution in [3.63, 3.8) is 0 Å². The van der Waals surface area contributed by atoms with Crippen LogP contribution in [0.1, 0.15) is 18.6 Å². The van der Waals surface area contributed by atoms with Crippen molar-refractivity contribution in [3.8, 4) is 11.3 Å². The zero-order chi connectivity index (χ0) is 23.7. The number of para-hydroxylation sites is 1. The Labute approximate surface area is 195 Å². The minimum atomic E-state index is -0.646. The fourth-order valence-electron chi connectivity index (χ4n) is 4.42. The molecule has 2 aromatic carbocycles. The number of aromatic nitrogens is 2. The van der Waals surface area contributed by atoms with E-state index in [1.54, 1.807) is 24.3 Å². The lowest BCUT2D eigenvalue weighted by Crippen LogP contribution is -2.43. The van der Waals surface area contributed by atoms with Gasteiger partial charge in [0.25, 0.3) is 0 Å². The number of nitrogens with two attached hydrogens (primary N) is 1. The second-order valence-corrected chi connectivity index (χ2v) is 8.24. The van der Waals surface area contributed by atoms with Crippen LogP contribution in [0.5, 0.6) is 0 Å². The fourth-order valence-corrected chi connectivity index (χ4v) is 4.42. The maximum absolute atomic E-state index is 13.1. The number of nitrogens with zero attached hydrogens (tertiary/aromatic N) is 3. The molecule has 3 amide bonds. The molecule has 1 aliphatic rings. The molecule has 0 bridgehead atoms. The number of ketones is 1. The third-order valence-electron chi connectivity index (χ3n) is 6.05. The summed E-state index contributed by atoms with van der Waals surface area (Å²) < 4.78 is 6.66. The van der Waals surface area contributed by atoms with E-state index in [0.717, 1.165) is 12.0 Å². The summed E-state index contributed by atoms with van der Waals surface area (Å²) in [5.74, 6) is 0.351. The third-order valence-corrected chi connectivity index (χ3v) is 6.05. The van der Waals surface area contributed by atoms with Gasteiger partial charge in [-0.2, -0.15) is 0 Å². The first-order chi connectivity index (χ1) is 16.5. The Balaban J connectivity index is 1.30. The summed E-state index contributed by atoms with van der Waals surface area (Å²) in [4.78, 5) is 39.5. The first kappa shape index (κ1) is 21.4. The van der Waals surface area contributed by atoms with Crippen molar-refractivity contribution < 1.29 is 18.9 Å². The van der Waals surface area contributed by atoms with Crippen molar-refractivity contribution >= 4 is 34.4 Å². The van der Waals surface area contributed by atoms with Gasteiger partial charge in [0.05, 0.1) is 23.7 Å². The van der Waals surface area contributed by atoms with Gasteiger partial charge in [0, 0.05) is 29.8 Å². The van der Waals surface area contributed by atoms with Gasteiger partial charge in [0.15, 0.2) is 5.78 Å². The number of primary amides is 1. The minimum Gasteiger partial charge on any atom is -0.360 e. The number of hydrogen-bond acceptors (Lipinski definition) is 5. The first-order valence-electron chi connectivity index (χ1n) is 11.0. The van der Waals surface area contributed by atoms with Crippen LogP contribution in [0.25, 0.3) is 22.2 Å². The van der Waals surface area contributed by atoms with Gasteiger partial charge >= 0.3 is 12.1 Å². The molecule has 5 rings (SSSR count). The molecule has 1 fully saturated rings.